The molecule has 7 aromatic carbocycles. The average Bonchev–Trinajstić information content (AvgIpc) is 3.57. The van der Waals surface area contributed by atoms with E-state index in [2.05, 4.69) is 157 Å². The van der Waals surface area contributed by atoms with E-state index in [0.29, 0.717) is 0 Å². The summed E-state index contributed by atoms with van der Waals surface area (Å²) in [5.74, 6) is 0. The van der Waals surface area contributed by atoms with Gasteiger partial charge < -0.3 is 0 Å². The Morgan fingerprint density at radius 3 is 1.62 bits per heavy atom. The minimum absolute atomic E-state index is 0.405. The van der Waals surface area contributed by atoms with Gasteiger partial charge in [-0.15, -0.1) is 0 Å². The highest BCUT2D eigenvalue weighted by Gasteiger charge is 2.52. The van der Waals surface area contributed by atoms with Crippen LogP contribution in [0.15, 0.2) is 164 Å². The third kappa shape index (κ3) is 3.25. The minimum atomic E-state index is -0.405. The van der Waals surface area contributed by atoms with Gasteiger partial charge in [-0.1, -0.05) is 121 Å². The molecule has 0 fully saturated rings. The van der Waals surface area contributed by atoms with Crippen LogP contribution in [0.4, 0.5) is 0 Å². The van der Waals surface area contributed by atoms with Gasteiger partial charge in [0.1, 0.15) is 0 Å². The van der Waals surface area contributed by atoms with E-state index in [1.54, 1.807) is 0 Å². The lowest BCUT2D eigenvalue weighted by Gasteiger charge is -2.31. The Kier molecular flexibility index (Phi) is 4.99. The standard InChI is InChI=1S/C44H27N/c1-2-10-32-26-41-38(25-31(32)9-1)43-36-14-4-3-11-33(36)37(30-19-17-28(18-20-30)29-21-23-45-24-22-29)27-42(43)44(41)39-15-7-5-12-34(39)35-13-6-8-16-40(35)44/h1-27H. The molecule has 1 nitrogen and oxygen atoms in total. The molecule has 1 heterocycles. The molecule has 0 aliphatic heterocycles. The molecule has 0 atom stereocenters. The van der Waals surface area contributed by atoms with Crippen LogP contribution in [0.5, 0.6) is 0 Å². The molecule has 10 rings (SSSR count). The SMILES string of the molecule is c1ccc2c(c1)-c1ccccc1C21c2cc3ccccc3cc2-c2c1cc(-c1ccc(-c3ccncc3)cc1)c1ccccc21. The first-order valence-corrected chi connectivity index (χ1v) is 15.6. The molecule has 208 valence electrons. The number of rotatable bonds is 2. The van der Waals surface area contributed by atoms with Crippen LogP contribution in [-0.2, 0) is 5.41 Å². The summed E-state index contributed by atoms with van der Waals surface area (Å²) in [5, 5.41) is 5.14. The molecule has 0 radical (unpaired) electrons. The van der Waals surface area contributed by atoms with Gasteiger partial charge in [-0.05, 0) is 119 Å². The number of benzene rings is 7. The average molecular weight is 570 g/mol. The summed E-state index contributed by atoms with van der Waals surface area (Å²) in [4.78, 5) is 4.21. The van der Waals surface area contributed by atoms with E-state index in [1.165, 1.54) is 88.3 Å². The highest BCUT2D eigenvalue weighted by molar-refractivity contribution is 6.12. The van der Waals surface area contributed by atoms with Crippen LogP contribution in [-0.4, -0.2) is 4.98 Å². The molecule has 1 aromatic heterocycles. The molecule has 0 saturated heterocycles. The van der Waals surface area contributed by atoms with Crippen molar-refractivity contribution in [2.24, 2.45) is 0 Å². The largest absolute Gasteiger partial charge is 0.265 e. The molecule has 0 unspecified atom stereocenters. The van der Waals surface area contributed by atoms with Gasteiger partial charge in [0.15, 0.2) is 0 Å². The fourth-order valence-corrected chi connectivity index (χ4v) is 8.30. The van der Waals surface area contributed by atoms with Crippen molar-refractivity contribution >= 4 is 21.5 Å². The minimum Gasteiger partial charge on any atom is -0.265 e. The molecule has 0 amide bonds. The predicted molar refractivity (Wildman–Crippen MR) is 186 cm³/mol. The second-order valence-corrected chi connectivity index (χ2v) is 12.3. The molecule has 1 heteroatoms. The van der Waals surface area contributed by atoms with Gasteiger partial charge >= 0.3 is 0 Å². The zero-order chi connectivity index (χ0) is 29.5. The first-order valence-electron chi connectivity index (χ1n) is 15.6. The van der Waals surface area contributed by atoms with E-state index >= 15 is 0 Å². The first kappa shape index (κ1) is 24.6. The van der Waals surface area contributed by atoms with Gasteiger partial charge in [-0.2, -0.15) is 0 Å². The molecular formula is C44H27N. The maximum Gasteiger partial charge on any atom is 0.0726 e. The first-order chi connectivity index (χ1) is 22.3. The zero-order valence-electron chi connectivity index (χ0n) is 24.5. The van der Waals surface area contributed by atoms with Crippen molar-refractivity contribution in [1.29, 1.82) is 0 Å². The van der Waals surface area contributed by atoms with E-state index in [-0.39, 0.29) is 0 Å². The van der Waals surface area contributed by atoms with E-state index in [9.17, 15) is 0 Å². The number of pyridine rings is 1. The van der Waals surface area contributed by atoms with E-state index < -0.39 is 5.41 Å². The Bertz CT molecular complexity index is 2420. The number of hydrogen-bond donors (Lipinski definition) is 0. The Labute approximate surface area is 262 Å². The monoisotopic (exact) mass is 569 g/mol. The number of fused-ring (bicyclic) bond motifs is 13. The Morgan fingerprint density at radius 2 is 0.911 bits per heavy atom. The Morgan fingerprint density at radius 1 is 0.356 bits per heavy atom. The second kappa shape index (κ2) is 9.11. The lowest BCUT2D eigenvalue weighted by molar-refractivity contribution is 0.796. The highest BCUT2D eigenvalue weighted by atomic mass is 14.6. The van der Waals surface area contributed by atoms with Crippen LogP contribution in [0, 0.1) is 0 Å². The summed E-state index contributed by atoms with van der Waals surface area (Å²) in [6, 6.07) is 56.6. The summed E-state index contributed by atoms with van der Waals surface area (Å²) in [6.07, 6.45) is 3.71. The quantitative estimate of drug-likeness (QED) is 0.202. The summed E-state index contributed by atoms with van der Waals surface area (Å²) in [7, 11) is 0. The third-order valence-electron chi connectivity index (χ3n) is 10.2. The topological polar surface area (TPSA) is 12.9 Å². The molecule has 0 bridgehead atoms. The van der Waals surface area contributed by atoms with Crippen molar-refractivity contribution in [3.8, 4) is 44.5 Å². The van der Waals surface area contributed by atoms with Crippen molar-refractivity contribution < 1.29 is 0 Å². The zero-order valence-corrected chi connectivity index (χ0v) is 24.5. The molecule has 0 N–H and O–H groups in total. The van der Waals surface area contributed by atoms with Gasteiger partial charge in [-0.3, -0.25) is 4.98 Å². The van der Waals surface area contributed by atoms with Crippen molar-refractivity contribution in [2.45, 2.75) is 5.41 Å². The molecule has 2 aliphatic carbocycles. The lowest BCUT2D eigenvalue weighted by Crippen LogP contribution is -2.26. The summed E-state index contributed by atoms with van der Waals surface area (Å²) >= 11 is 0. The number of aromatic nitrogens is 1. The Balaban J connectivity index is 1.34. The third-order valence-corrected chi connectivity index (χ3v) is 10.2. The van der Waals surface area contributed by atoms with E-state index in [1.807, 2.05) is 12.4 Å². The maximum absolute atomic E-state index is 4.21. The van der Waals surface area contributed by atoms with E-state index in [0.717, 1.165) is 0 Å². The van der Waals surface area contributed by atoms with E-state index in [4.69, 9.17) is 0 Å². The van der Waals surface area contributed by atoms with Gasteiger partial charge in [-0.25, -0.2) is 0 Å². The van der Waals surface area contributed by atoms with Crippen LogP contribution < -0.4 is 0 Å². The second-order valence-electron chi connectivity index (χ2n) is 12.3. The van der Waals surface area contributed by atoms with Gasteiger partial charge in [0.25, 0.3) is 0 Å². The predicted octanol–water partition coefficient (Wildman–Crippen LogP) is 11.1. The van der Waals surface area contributed by atoms with Crippen LogP contribution in [0.3, 0.4) is 0 Å². The fraction of sp³-hybridized carbons (Fsp3) is 0.0227. The molecule has 8 aromatic rings. The van der Waals surface area contributed by atoms with Crippen LogP contribution >= 0.6 is 0 Å². The smallest absolute Gasteiger partial charge is 0.0726 e. The van der Waals surface area contributed by atoms with Crippen molar-refractivity contribution in [3.63, 3.8) is 0 Å². The molecule has 0 saturated carbocycles. The lowest BCUT2D eigenvalue weighted by atomic mass is 9.69. The Hall–Kier alpha value is -5.79. The van der Waals surface area contributed by atoms with Crippen molar-refractivity contribution in [3.05, 3.63) is 186 Å². The van der Waals surface area contributed by atoms with Gasteiger partial charge in [0.2, 0.25) is 0 Å². The van der Waals surface area contributed by atoms with Gasteiger partial charge in [0.05, 0.1) is 5.41 Å². The molecular weight excluding hydrogens is 542 g/mol. The molecule has 1 spiro atoms. The summed E-state index contributed by atoms with van der Waals surface area (Å²) in [6.45, 7) is 0. The summed E-state index contributed by atoms with van der Waals surface area (Å²) in [5.41, 5.74) is 15.3. The normalized spacial score (nSPS) is 13.5. The van der Waals surface area contributed by atoms with Crippen LogP contribution in [0.1, 0.15) is 22.3 Å². The van der Waals surface area contributed by atoms with Crippen LogP contribution in [0.25, 0.3) is 66.1 Å². The molecule has 2 aliphatic rings. The van der Waals surface area contributed by atoms with Crippen LogP contribution in [0.2, 0.25) is 0 Å². The van der Waals surface area contributed by atoms with Crippen molar-refractivity contribution in [1.82, 2.24) is 4.98 Å². The maximum atomic E-state index is 4.21. The number of nitrogens with zero attached hydrogens (tertiary/aromatic N) is 1. The fourth-order valence-electron chi connectivity index (χ4n) is 8.30. The van der Waals surface area contributed by atoms with Gasteiger partial charge in [0, 0.05) is 12.4 Å². The highest BCUT2D eigenvalue weighted by Crippen LogP contribution is 2.64. The van der Waals surface area contributed by atoms with Crippen molar-refractivity contribution in [2.75, 3.05) is 0 Å². The summed E-state index contributed by atoms with van der Waals surface area (Å²) < 4.78 is 0. The number of hydrogen-bond acceptors (Lipinski definition) is 1. The molecule has 45 heavy (non-hydrogen) atoms.